The van der Waals surface area contributed by atoms with Crippen LogP contribution in [0.4, 0.5) is 0 Å². The minimum absolute atomic E-state index is 0.402. The second-order valence-corrected chi connectivity index (χ2v) is 11.1. The fourth-order valence-corrected chi connectivity index (χ4v) is 6.28. The lowest BCUT2D eigenvalue weighted by atomic mass is 10.0. The third kappa shape index (κ3) is 9.42. The largest absolute Gasteiger partial charge is 0.309 e. The molecule has 0 N–H and O–H groups in total. The lowest BCUT2D eigenvalue weighted by Gasteiger charge is -2.20. The molecule has 0 atom stereocenters. The van der Waals surface area contributed by atoms with Crippen molar-refractivity contribution in [1.29, 1.82) is 0 Å². The molecule has 0 heterocycles. The first kappa shape index (κ1) is 24.7. The van der Waals surface area contributed by atoms with Crippen LogP contribution in [0.25, 0.3) is 0 Å². The summed E-state index contributed by atoms with van der Waals surface area (Å²) in [6.45, 7) is 5.62. The minimum Gasteiger partial charge on any atom is -0.309 e. The van der Waals surface area contributed by atoms with E-state index in [1.165, 1.54) is 58.1 Å². The van der Waals surface area contributed by atoms with Crippen LogP contribution in [-0.4, -0.2) is 42.8 Å². The van der Waals surface area contributed by atoms with Crippen LogP contribution in [0.3, 0.4) is 0 Å². The Kier molecular flexibility index (Phi) is 12.3. The number of rotatable bonds is 14. The fraction of sp³-hybridized carbons (Fsp3) is 0.520. The molecule has 160 valence electrons. The Labute approximate surface area is 191 Å². The molecule has 29 heavy (non-hydrogen) atoms. The zero-order chi connectivity index (χ0) is 20.9. The van der Waals surface area contributed by atoms with Gasteiger partial charge in [0.2, 0.25) is 0 Å². The van der Waals surface area contributed by atoms with Gasteiger partial charge in [-0.1, -0.05) is 51.0 Å². The summed E-state index contributed by atoms with van der Waals surface area (Å²) in [5.74, 6) is 3.57. The minimum atomic E-state index is 0.402. The molecule has 0 radical (unpaired) electrons. The summed E-state index contributed by atoms with van der Waals surface area (Å²) in [7, 11) is 4.31. The maximum atomic E-state index is 2.34. The van der Waals surface area contributed by atoms with Crippen LogP contribution in [0.15, 0.2) is 58.3 Å². The van der Waals surface area contributed by atoms with Gasteiger partial charge in [-0.3, -0.25) is 0 Å². The zero-order valence-corrected chi connectivity index (χ0v) is 21.0. The number of nitrogens with zero attached hydrogens (tertiary/aromatic N) is 1. The predicted molar refractivity (Wildman–Crippen MR) is 137 cm³/mol. The zero-order valence-electron chi connectivity index (χ0n) is 18.5. The van der Waals surface area contributed by atoms with Gasteiger partial charge >= 0.3 is 0 Å². The molecule has 0 saturated carbocycles. The summed E-state index contributed by atoms with van der Waals surface area (Å²) in [6.07, 6.45) is 5.11. The van der Waals surface area contributed by atoms with Crippen molar-refractivity contribution in [2.75, 3.05) is 37.9 Å². The average molecular weight is 448 g/mol. The van der Waals surface area contributed by atoms with Crippen molar-refractivity contribution in [2.45, 2.75) is 54.6 Å². The molecule has 0 bridgehead atoms. The molecule has 4 heteroatoms. The van der Waals surface area contributed by atoms with Crippen LogP contribution < -0.4 is 0 Å². The van der Waals surface area contributed by atoms with Crippen LogP contribution in [-0.2, 0) is 0 Å². The van der Waals surface area contributed by atoms with E-state index < -0.39 is 0 Å². The Hall–Kier alpha value is -0.550. The molecule has 0 fully saturated rings. The Morgan fingerprint density at radius 3 is 1.52 bits per heavy atom. The van der Waals surface area contributed by atoms with Gasteiger partial charge in [0.15, 0.2) is 0 Å². The van der Waals surface area contributed by atoms with E-state index in [1.807, 2.05) is 23.5 Å². The van der Waals surface area contributed by atoms with Crippen LogP contribution in [0.1, 0.15) is 55.9 Å². The standard InChI is InChI=1S/C25H37NS3/c1-5-7-18-27-23-13-9-21(10-14-23)25(29-20-17-26(3)4)22-11-15-24(16-12-22)28-19-8-6-2/h9-16,25H,5-8,17-20H2,1-4H3. The van der Waals surface area contributed by atoms with Gasteiger partial charge in [0.1, 0.15) is 0 Å². The van der Waals surface area contributed by atoms with Crippen molar-refractivity contribution in [3.05, 3.63) is 59.7 Å². The molecule has 0 aliphatic carbocycles. The number of benzene rings is 2. The van der Waals surface area contributed by atoms with Gasteiger partial charge < -0.3 is 4.90 Å². The molecule has 0 aliphatic rings. The van der Waals surface area contributed by atoms with Gasteiger partial charge in [0.05, 0.1) is 5.25 Å². The highest BCUT2D eigenvalue weighted by atomic mass is 32.2. The predicted octanol–water partition coefficient (Wildman–Crippen LogP) is 7.86. The number of thioether (sulfide) groups is 3. The SMILES string of the molecule is CCCCSc1ccc(C(SCCN(C)C)c2ccc(SCCCC)cc2)cc1. The maximum Gasteiger partial charge on any atom is 0.0547 e. The third-order valence-electron chi connectivity index (χ3n) is 4.72. The number of unbranched alkanes of at least 4 members (excludes halogenated alkanes) is 2. The van der Waals surface area contributed by atoms with Crippen LogP contribution in [0.2, 0.25) is 0 Å². The summed E-state index contributed by atoms with van der Waals surface area (Å²) in [6, 6.07) is 18.6. The Morgan fingerprint density at radius 2 is 1.14 bits per heavy atom. The van der Waals surface area contributed by atoms with E-state index in [2.05, 4.69) is 93.1 Å². The average Bonchev–Trinajstić information content (AvgIpc) is 2.73. The Bertz CT molecular complexity index is 614. The summed E-state index contributed by atoms with van der Waals surface area (Å²) in [5, 5.41) is 0.402. The fourth-order valence-electron chi connectivity index (χ4n) is 2.88. The van der Waals surface area contributed by atoms with E-state index in [1.54, 1.807) is 0 Å². The van der Waals surface area contributed by atoms with Crippen LogP contribution in [0, 0.1) is 0 Å². The Balaban J connectivity index is 2.09. The normalized spacial score (nSPS) is 11.5. The first-order chi connectivity index (χ1) is 14.1. The first-order valence-electron chi connectivity index (χ1n) is 10.9. The number of hydrogen-bond donors (Lipinski definition) is 0. The van der Waals surface area contributed by atoms with Crippen LogP contribution in [0.5, 0.6) is 0 Å². The first-order valence-corrected chi connectivity index (χ1v) is 13.9. The van der Waals surface area contributed by atoms with Crippen molar-refractivity contribution < 1.29 is 0 Å². The molecule has 2 rings (SSSR count). The number of hydrogen-bond acceptors (Lipinski definition) is 4. The summed E-state index contributed by atoms with van der Waals surface area (Å²) < 4.78 is 0. The second-order valence-electron chi connectivity index (χ2n) is 7.60. The van der Waals surface area contributed by atoms with Crippen LogP contribution >= 0.6 is 35.3 Å². The van der Waals surface area contributed by atoms with Crippen molar-refractivity contribution in [3.8, 4) is 0 Å². The van der Waals surface area contributed by atoms with Crippen molar-refractivity contribution >= 4 is 35.3 Å². The van der Waals surface area contributed by atoms with E-state index in [0.717, 1.165) is 12.3 Å². The molecule has 0 aromatic heterocycles. The highest BCUT2D eigenvalue weighted by Gasteiger charge is 2.15. The van der Waals surface area contributed by atoms with Gasteiger partial charge in [-0.2, -0.15) is 0 Å². The molecular formula is C25H37NS3. The molecule has 2 aromatic rings. The van der Waals surface area contributed by atoms with E-state index in [0.29, 0.717) is 5.25 Å². The highest BCUT2D eigenvalue weighted by molar-refractivity contribution is 8.00. The maximum absolute atomic E-state index is 2.34. The summed E-state index contributed by atoms with van der Waals surface area (Å²) >= 11 is 6.01. The molecule has 2 aromatic carbocycles. The van der Waals surface area contributed by atoms with Crippen molar-refractivity contribution in [2.24, 2.45) is 0 Å². The Morgan fingerprint density at radius 1 is 0.690 bits per heavy atom. The van der Waals surface area contributed by atoms with Gasteiger partial charge in [0.25, 0.3) is 0 Å². The summed E-state index contributed by atoms with van der Waals surface area (Å²) in [5.41, 5.74) is 2.83. The monoisotopic (exact) mass is 447 g/mol. The highest BCUT2D eigenvalue weighted by Crippen LogP contribution is 2.37. The lowest BCUT2D eigenvalue weighted by molar-refractivity contribution is 0.437. The van der Waals surface area contributed by atoms with Crippen molar-refractivity contribution in [3.63, 3.8) is 0 Å². The smallest absolute Gasteiger partial charge is 0.0547 e. The van der Waals surface area contributed by atoms with E-state index in [-0.39, 0.29) is 0 Å². The van der Waals surface area contributed by atoms with Gasteiger partial charge in [-0.25, -0.2) is 0 Å². The molecule has 0 unspecified atom stereocenters. The summed E-state index contributed by atoms with van der Waals surface area (Å²) in [4.78, 5) is 5.05. The molecule has 0 aliphatic heterocycles. The van der Waals surface area contributed by atoms with E-state index in [4.69, 9.17) is 0 Å². The lowest BCUT2D eigenvalue weighted by Crippen LogP contribution is -2.15. The van der Waals surface area contributed by atoms with E-state index >= 15 is 0 Å². The molecule has 0 amide bonds. The third-order valence-corrected chi connectivity index (χ3v) is 8.21. The molecular weight excluding hydrogens is 410 g/mol. The quantitative estimate of drug-likeness (QED) is 0.214. The van der Waals surface area contributed by atoms with Gasteiger partial charge in [-0.05, 0) is 73.8 Å². The van der Waals surface area contributed by atoms with Gasteiger partial charge in [-0.15, -0.1) is 35.3 Å². The topological polar surface area (TPSA) is 3.24 Å². The second kappa shape index (κ2) is 14.5. The molecule has 0 saturated heterocycles. The molecule has 1 nitrogen and oxygen atoms in total. The molecule has 0 spiro atoms. The van der Waals surface area contributed by atoms with E-state index in [9.17, 15) is 0 Å². The van der Waals surface area contributed by atoms with Gasteiger partial charge in [0, 0.05) is 22.1 Å². The van der Waals surface area contributed by atoms with Crippen molar-refractivity contribution in [1.82, 2.24) is 4.90 Å².